The number of para-hydroxylation sites is 1. The van der Waals surface area contributed by atoms with Crippen LogP contribution in [-0.2, 0) is 17.9 Å². The second-order valence-electron chi connectivity index (χ2n) is 8.27. The summed E-state index contributed by atoms with van der Waals surface area (Å²) in [7, 11) is 0. The standard InChI is InChI=1S/C28H19ClN2O5S/c29-21-12-9-18(10-13-21)17-36-25-14-11-19-5-1-3-7-22(19)23(25)15-26-27(32)30(28(33)37-26)16-20-6-2-4-8-24(20)31(34)35/h1-15H,16-17H2/b26-15-. The Hall–Kier alpha value is -4.14. The van der Waals surface area contributed by atoms with E-state index in [0.29, 0.717) is 16.3 Å². The maximum atomic E-state index is 13.3. The summed E-state index contributed by atoms with van der Waals surface area (Å²) >= 11 is 6.78. The fraction of sp³-hybridized carbons (Fsp3) is 0.0714. The van der Waals surface area contributed by atoms with Gasteiger partial charge in [0.25, 0.3) is 16.8 Å². The zero-order valence-electron chi connectivity index (χ0n) is 19.3. The van der Waals surface area contributed by atoms with Crippen molar-refractivity contribution in [1.29, 1.82) is 0 Å². The molecular formula is C28H19ClN2O5S. The fourth-order valence-corrected chi connectivity index (χ4v) is 5.00. The highest BCUT2D eigenvalue weighted by Gasteiger charge is 2.36. The summed E-state index contributed by atoms with van der Waals surface area (Å²) in [5, 5.41) is 13.3. The highest BCUT2D eigenvalue weighted by Crippen LogP contribution is 2.38. The molecule has 4 aromatic carbocycles. The van der Waals surface area contributed by atoms with Gasteiger partial charge in [-0.2, -0.15) is 0 Å². The van der Waals surface area contributed by atoms with Crippen LogP contribution >= 0.6 is 23.4 Å². The van der Waals surface area contributed by atoms with Crippen LogP contribution in [0.2, 0.25) is 5.02 Å². The summed E-state index contributed by atoms with van der Waals surface area (Å²) in [6.45, 7) is 0.101. The molecule has 0 N–H and O–H groups in total. The zero-order chi connectivity index (χ0) is 25.9. The number of imide groups is 1. The molecular weight excluding hydrogens is 512 g/mol. The van der Waals surface area contributed by atoms with Crippen molar-refractivity contribution < 1.29 is 19.2 Å². The number of ether oxygens (including phenoxy) is 1. The van der Waals surface area contributed by atoms with Crippen LogP contribution in [0.4, 0.5) is 10.5 Å². The summed E-state index contributed by atoms with van der Waals surface area (Å²) in [5.74, 6) is 0.0453. The van der Waals surface area contributed by atoms with Gasteiger partial charge in [0.2, 0.25) is 0 Å². The van der Waals surface area contributed by atoms with Gasteiger partial charge < -0.3 is 4.74 Å². The minimum absolute atomic E-state index is 0.141. The number of halogens is 1. The van der Waals surface area contributed by atoms with Crippen LogP contribution in [0.5, 0.6) is 5.75 Å². The van der Waals surface area contributed by atoms with E-state index in [9.17, 15) is 19.7 Å². The Morgan fingerprint density at radius 3 is 2.46 bits per heavy atom. The maximum Gasteiger partial charge on any atom is 0.293 e. The molecule has 0 radical (unpaired) electrons. The van der Waals surface area contributed by atoms with Crippen LogP contribution in [0, 0.1) is 10.1 Å². The Morgan fingerprint density at radius 1 is 0.946 bits per heavy atom. The van der Waals surface area contributed by atoms with Crippen molar-refractivity contribution in [2.75, 3.05) is 0 Å². The summed E-state index contributed by atoms with van der Waals surface area (Å²) in [6, 6.07) is 24.8. The number of thioether (sulfide) groups is 1. The van der Waals surface area contributed by atoms with Crippen molar-refractivity contribution in [3.05, 3.63) is 122 Å². The lowest BCUT2D eigenvalue weighted by atomic mass is 10.0. The van der Waals surface area contributed by atoms with E-state index in [-0.39, 0.29) is 29.3 Å². The summed E-state index contributed by atoms with van der Waals surface area (Å²) in [4.78, 5) is 38.1. The van der Waals surface area contributed by atoms with Crippen molar-refractivity contribution in [1.82, 2.24) is 4.90 Å². The van der Waals surface area contributed by atoms with E-state index in [1.807, 2.05) is 48.5 Å². The van der Waals surface area contributed by atoms with E-state index in [4.69, 9.17) is 16.3 Å². The van der Waals surface area contributed by atoms with E-state index in [2.05, 4.69) is 0 Å². The molecule has 0 bridgehead atoms. The number of nitro groups is 1. The summed E-state index contributed by atoms with van der Waals surface area (Å²) in [5.41, 5.74) is 1.74. The molecule has 0 aromatic heterocycles. The molecule has 0 unspecified atom stereocenters. The van der Waals surface area contributed by atoms with E-state index < -0.39 is 16.1 Å². The smallest absolute Gasteiger partial charge is 0.293 e. The number of amides is 2. The van der Waals surface area contributed by atoms with Gasteiger partial charge in [0.05, 0.1) is 16.4 Å². The van der Waals surface area contributed by atoms with Crippen molar-refractivity contribution in [2.24, 2.45) is 0 Å². The fourth-order valence-electron chi connectivity index (χ4n) is 4.05. The molecule has 1 aliphatic rings. The molecule has 1 aliphatic heterocycles. The number of nitrogens with zero attached hydrogens (tertiary/aromatic N) is 2. The molecule has 0 atom stereocenters. The number of nitro benzene ring substituents is 1. The van der Waals surface area contributed by atoms with Crippen molar-refractivity contribution in [3.8, 4) is 5.75 Å². The zero-order valence-corrected chi connectivity index (χ0v) is 20.9. The molecule has 0 spiro atoms. The summed E-state index contributed by atoms with van der Waals surface area (Å²) < 4.78 is 6.13. The van der Waals surface area contributed by atoms with E-state index >= 15 is 0 Å². The first-order valence-electron chi connectivity index (χ1n) is 11.3. The van der Waals surface area contributed by atoms with E-state index in [0.717, 1.165) is 33.0 Å². The molecule has 1 fully saturated rings. The third kappa shape index (κ3) is 5.21. The molecule has 1 heterocycles. The highest BCUT2D eigenvalue weighted by atomic mass is 35.5. The second-order valence-corrected chi connectivity index (χ2v) is 9.70. The van der Waals surface area contributed by atoms with E-state index in [1.54, 1.807) is 36.4 Å². The largest absolute Gasteiger partial charge is 0.488 e. The minimum atomic E-state index is -0.523. The number of hydrogen-bond acceptors (Lipinski definition) is 6. The van der Waals surface area contributed by atoms with Gasteiger partial charge in [0, 0.05) is 22.2 Å². The molecule has 2 amide bonds. The normalized spacial score (nSPS) is 14.5. The first-order chi connectivity index (χ1) is 17.9. The molecule has 0 aliphatic carbocycles. The van der Waals surface area contributed by atoms with E-state index in [1.165, 1.54) is 6.07 Å². The third-order valence-corrected chi connectivity index (χ3v) is 7.06. The molecule has 1 saturated heterocycles. The van der Waals surface area contributed by atoms with Gasteiger partial charge in [-0.05, 0) is 52.4 Å². The van der Waals surface area contributed by atoms with Gasteiger partial charge in [0.1, 0.15) is 12.4 Å². The topological polar surface area (TPSA) is 89.8 Å². The van der Waals surface area contributed by atoms with Crippen LogP contribution in [0.25, 0.3) is 16.8 Å². The van der Waals surface area contributed by atoms with Crippen LogP contribution in [0.1, 0.15) is 16.7 Å². The lowest BCUT2D eigenvalue weighted by Gasteiger charge is -2.14. The lowest BCUT2D eigenvalue weighted by molar-refractivity contribution is -0.385. The molecule has 37 heavy (non-hydrogen) atoms. The van der Waals surface area contributed by atoms with Crippen LogP contribution in [0.15, 0.2) is 89.8 Å². The Kier molecular flexibility index (Phi) is 6.94. The Labute approximate surface area is 221 Å². The maximum absolute atomic E-state index is 13.3. The number of benzene rings is 4. The number of rotatable bonds is 7. The van der Waals surface area contributed by atoms with Gasteiger partial charge in [0.15, 0.2) is 0 Å². The monoisotopic (exact) mass is 530 g/mol. The number of fused-ring (bicyclic) bond motifs is 1. The minimum Gasteiger partial charge on any atom is -0.488 e. The Balaban J connectivity index is 1.48. The van der Waals surface area contributed by atoms with Gasteiger partial charge in [-0.1, -0.05) is 72.3 Å². The number of carbonyl (C=O) groups excluding carboxylic acids is 2. The second kappa shape index (κ2) is 10.5. The SMILES string of the molecule is O=C1S/C(=C\c2c(OCc3ccc(Cl)cc3)ccc3ccccc23)C(=O)N1Cc1ccccc1[N+](=O)[O-]. The van der Waals surface area contributed by atoms with Crippen molar-refractivity contribution in [2.45, 2.75) is 13.2 Å². The molecule has 9 heteroatoms. The predicted molar refractivity (Wildman–Crippen MR) is 144 cm³/mol. The molecule has 7 nitrogen and oxygen atoms in total. The van der Waals surface area contributed by atoms with Crippen LogP contribution < -0.4 is 4.74 Å². The Bertz CT molecular complexity index is 1570. The molecule has 184 valence electrons. The quantitative estimate of drug-likeness (QED) is 0.142. The number of carbonyl (C=O) groups is 2. The average molecular weight is 531 g/mol. The van der Waals surface area contributed by atoms with Crippen LogP contribution in [-0.4, -0.2) is 21.0 Å². The Morgan fingerprint density at radius 2 is 1.68 bits per heavy atom. The first-order valence-corrected chi connectivity index (χ1v) is 12.5. The van der Waals surface area contributed by atoms with Gasteiger partial charge >= 0.3 is 0 Å². The first kappa shape index (κ1) is 24.5. The molecule has 0 saturated carbocycles. The van der Waals surface area contributed by atoms with Crippen LogP contribution in [0.3, 0.4) is 0 Å². The van der Waals surface area contributed by atoms with Gasteiger partial charge in [-0.3, -0.25) is 24.6 Å². The highest BCUT2D eigenvalue weighted by molar-refractivity contribution is 8.18. The lowest BCUT2D eigenvalue weighted by Crippen LogP contribution is -2.27. The van der Waals surface area contributed by atoms with Crippen molar-refractivity contribution in [3.63, 3.8) is 0 Å². The van der Waals surface area contributed by atoms with Gasteiger partial charge in [-0.25, -0.2) is 0 Å². The number of hydrogen-bond donors (Lipinski definition) is 0. The third-order valence-electron chi connectivity index (χ3n) is 5.90. The average Bonchev–Trinajstić information content (AvgIpc) is 3.16. The predicted octanol–water partition coefficient (Wildman–Crippen LogP) is 7.22. The summed E-state index contributed by atoms with van der Waals surface area (Å²) in [6.07, 6.45) is 1.66. The molecule has 4 aromatic rings. The van der Waals surface area contributed by atoms with Crippen molar-refractivity contribution >= 4 is 57.0 Å². The van der Waals surface area contributed by atoms with Gasteiger partial charge in [-0.15, -0.1) is 0 Å². The molecule has 5 rings (SSSR count).